The van der Waals surface area contributed by atoms with Crippen LogP contribution in [0.1, 0.15) is 51.0 Å². The van der Waals surface area contributed by atoms with E-state index < -0.39 is 23.7 Å². The lowest BCUT2D eigenvalue weighted by molar-refractivity contribution is -0.143. The normalized spacial score (nSPS) is 17.2. The number of primary amides is 1. The Hall–Kier alpha value is -3.43. The zero-order chi connectivity index (χ0) is 22.3. The van der Waals surface area contributed by atoms with E-state index in [0.717, 1.165) is 18.5 Å². The summed E-state index contributed by atoms with van der Waals surface area (Å²) in [5.74, 6) is -1.47. The first kappa shape index (κ1) is 20.8. The van der Waals surface area contributed by atoms with Crippen LogP contribution >= 0.6 is 0 Å². The van der Waals surface area contributed by atoms with Crippen LogP contribution in [0.2, 0.25) is 0 Å². The third-order valence-corrected chi connectivity index (χ3v) is 5.50. The number of aromatic nitrogens is 3. The second kappa shape index (κ2) is 7.68. The van der Waals surface area contributed by atoms with Gasteiger partial charge in [0.15, 0.2) is 5.69 Å². The van der Waals surface area contributed by atoms with Gasteiger partial charge in [0.2, 0.25) is 0 Å². The van der Waals surface area contributed by atoms with Crippen LogP contribution in [0, 0.1) is 0 Å². The molecule has 2 N–H and O–H groups in total. The van der Waals surface area contributed by atoms with Gasteiger partial charge in [-0.1, -0.05) is 18.2 Å². The molecule has 1 saturated heterocycles. The molecule has 7 nitrogen and oxygen atoms in total. The Morgan fingerprint density at radius 3 is 2.61 bits per heavy atom. The summed E-state index contributed by atoms with van der Waals surface area (Å²) in [4.78, 5) is 31.0. The molecule has 0 saturated carbocycles. The standard InChI is InChI=1S/C21H20F3N5O2/c1-28-17(21(22,23)24)10-16(27-28)20(31)29-8-4-6-13(11-29)18-14(19(25)30)9-12-5-2-3-7-15(12)26-18/h2-3,5,7,9-10,13H,4,6,8,11H2,1H3,(H2,25,30). The fourth-order valence-corrected chi connectivity index (χ4v) is 4.02. The van der Waals surface area contributed by atoms with Crippen LogP contribution < -0.4 is 5.73 Å². The molecule has 10 heteroatoms. The largest absolute Gasteiger partial charge is 0.433 e. The molecular weight excluding hydrogens is 411 g/mol. The van der Waals surface area contributed by atoms with Crippen LogP contribution in [0.25, 0.3) is 10.9 Å². The first-order valence-electron chi connectivity index (χ1n) is 9.75. The Morgan fingerprint density at radius 2 is 1.94 bits per heavy atom. The first-order valence-corrected chi connectivity index (χ1v) is 9.75. The highest BCUT2D eigenvalue weighted by atomic mass is 19.4. The molecule has 1 aromatic carbocycles. The predicted octanol–water partition coefficient (Wildman–Crippen LogP) is 3.11. The second-order valence-corrected chi connectivity index (χ2v) is 7.60. The number of pyridine rings is 1. The lowest BCUT2D eigenvalue weighted by Gasteiger charge is -2.32. The van der Waals surface area contributed by atoms with Crippen molar-refractivity contribution in [1.29, 1.82) is 0 Å². The Kier molecular flexibility index (Phi) is 5.16. The minimum atomic E-state index is -4.60. The predicted molar refractivity (Wildman–Crippen MR) is 106 cm³/mol. The summed E-state index contributed by atoms with van der Waals surface area (Å²) in [5, 5.41) is 4.53. The third-order valence-electron chi connectivity index (χ3n) is 5.50. The Labute approximate surface area is 175 Å². The van der Waals surface area contributed by atoms with Gasteiger partial charge in [-0.05, 0) is 25.0 Å². The molecule has 2 amide bonds. The van der Waals surface area contributed by atoms with E-state index in [0.29, 0.717) is 35.3 Å². The molecule has 3 heterocycles. The smallest absolute Gasteiger partial charge is 0.366 e. The Balaban J connectivity index is 1.64. The van der Waals surface area contributed by atoms with Gasteiger partial charge in [0, 0.05) is 37.5 Å². The van der Waals surface area contributed by atoms with Crippen molar-refractivity contribution in [3.05, 3.63) is 59.0 Å². The molecule has 0 aliphatic carbocycles. The minimum absolute atomic E-state index is 0.211. The van der Waals surface area contributed by atoms with Crippen LogP contribution in [0.3, 0.4) is 0 Å². The number of likely N-dealkylation sites (tertiary alicyclic amines) is 1. The van der Waals surface area contributed by atoms with E-state index in [2.05, 4.69) is 10.1 Å². The number of fused-ring (bicyclic) bond motifs is 1. The molecule has 3 aromatic rings. The fraction of sp³-hybridized carbons (Fsp3) is 0.333. The van der Waals surface area contributed by atoms with Crippen LogP contribution in [0.4, 0.5) is 13.2 Å². The van der Waals surface area contributed by atoms with Crippen LogP contribution in [0.5, 0.6) is 0 Å². The number of benzene rings is 1. The third kappa shape index (κ3) is 3.97. The van der Waals surface area contributed by atoms with Gasteiger partial charge < -0.3 is 10.6 Å². The van der Waals surface area contributed by atoms with Crippen molar-refractivity contribution in [2.24, 2.45) is 12.8 Å². The molecule has 1 aliphatic rings. The van der Waals surface area contributed by atoms with E-state index in [9.17, 15) is 22.8 Å². The lowest BCUT2D eigenvalue weighted by Crippen LogP contribution is -2.40. The van der Waals surface area contributed by atoms with Crippen molar-refractivity contribution in [2.75, 3.05) is 13.1 Å². The number of hydrogen-bond acceptors (Lipinski definition) is 4. The Morgan fingerprint density at radius 1 is 1.19 bits per heavy atom. The van der Waals surface area contributed by atoms with Crippen molar-refractivity contribution >= 4 is 22.7 Å². The maximum atomic E-state index is 13.1. The molecular formula is C21H20F3N5O2. The lowest BCUT2D eigenvalue weighted by atomic mass is 9.90. The summed E-state index contributed by atoms with van der Waals surface area (Å²) < 4.78 is 39.8. The maximum absolute atomic E-state index is 13.1. The fourth-order valence-electron chi connectivity index (χ4n) is 4.02. The van der Waals surface area contributed by atoms with E-state index in [-0.39, 0.29) is 23.7 Å². The molecule has 0 bridgehead atoms. The quantitative estimate of drug-likeness (QED) is 0.690. The van der Waals surface area contributed by atoms with Gasteiger partial charge in [0.05, 0.1) is 16.8 Å². The van der Waals surface area contributed by atoms with Crippen molar-refractivity contribution in [2.45, 2.75) is 24.9 Å². The summed E-state index contributed by atoms with van der Waals surface area (Å²) in [6.07, 6.45) is -3.32. The number of aryl methyl sites for hydroxylation is 1. The molecule has 0 radical (unpaired) electrons. The number of halogens is 3. The molecule has 1 unspecified atom stereocenters. The van der Waals surface area contributed by atoms with Crippen LogP contribution in [0.15, 0.2) is 36.4 Å². The van der Waals surface area contributed by atoms with Crippen molar-refractivity contribution < 1.29 is 22.8 Å². The molecule has 2 aromatic heterocycles. The number of hydrogen-bond donors (Lipinski definition) is 1. The van der Waals surface area contributed by atoms with E-state index in [1.807, 2.05) is 24.3 Å². The highest BCUT2D eigenvalue weighted by Crippen LogP contribution is 2.32. The minimum Gasteiger partial charge on any atom is -0.366 e. The number of amides is 2. The van der Waals surface area contributed by atoms with Gasteiger partial charge in [-0.25, -0.2) is 0 Å². The van der Waals surface area contributed by atoms with Crippen LogP contribution in [-0.2, 0) is 13.2 Å². The number of carbonyl (C=O) groups excluding carboxylic acids is 2. The maximum Gasteiger partial charge on any atom is 0.433 e. The van der Waals surface area contributed by atoms with E-state index >= 15 is 0 Å². The van der Waals surface area contributed by atoms with E-state index in [1.165, 1.54) is 4.90 Å². The topological polar surface area (TPSA) is 94.1 Å². The summed E-state index contributed by atoms with van der Waals surface area (Å²) in [6, 6.07) is 9.76. The molecule has 1 atom stereocenters. The number of piperidine rings is 1. The number of nitrogens with zero attached hydrogens (tertiary/aromatic N) is 4. The SMILES string of the molecule is Cn1nc(C(=O)N2CCCC(c3nc4ccccc4cc3C(N)=O)C2)cc1C(F)(F)F. The zero-order valence-corrected chi connectivity index (χ0v) is 16.7. The summed E-state index contributed by atoms with van der Waals surface area (Å²) in [7, 11) is 1.15. The number of para-hydroxylation sites is 1. The first-order chi connectivity index (χ1) is 14.6. The van der Waals surface area contributed by atoms with E-state index in [1.54, 1.807) is 6.07 Å². The number of carbonyl (C=O) groups is 2. The molecule has 1 fully saturated rings. The average molecular weight is 431 g/mol. The van der Waals surface area contributed by atoms with Crippen LogP contribution in [-0.4, -0.2) is 44.6 Å². The number of alkyl halides is 3. The molecule has 162 valence electrons. The van der Waals surface area contributed by atoms with Gasteiger partial charge in [-0.15, -0.1) is 0 Å². The molecule has 1 aliphatic heterocycles. The van der Waals surface area contributed by atoms with Crippen molar-refractivity contribution in [3.63, 3.8) is 0 Å². The second-order valence-electron chi connectivity index (χ2n) is 7.60. The number of rotatable bonds is 3. The summed E-state index contributed by atoms with van der Waals surface area (Å²) >= 11 is 0. The average Bonchev–Trinajstić information content (AvgIpc) is 3.14. The zero-order valence-electron chi connectivity index (χ0n) is 16.7. The highest BCUT2D eigenvalue weighted by molar-refractivity contribution is 5.98. The number of nitrogens with two attached hydrogens (primary N) is 1. The molecule has 4 rings (SSSR count). The summed E-state index contributed by atoms with van der Waals surface area (Å²) in [6.45, 7) is 0.592. The van der Waals surface area contributed by atoms with E-state index in [4.69, 9.17) is 5.73 Å². The molecule has 31 heavy (non-hydrogen) atoms. The van der Waals surface area contributed by atoms with Gasteiger partial charge in [0.25, 0.3) is 11.8 Å². The van der Waals surface area contributed by atoms with Gasteiger partial charge >= 0.3 is 6.18 Å². The summed E-state index contributed by atoms with van der Waals surface area (Å²) in [5.41, 5.74) is 5.81. The highest BCUT2D eigenvalue weighted by Gasteiger charge is 2.37. The van der Waals surface area contributed by atoms with Gasteiger partial charge in [-0.3, -0.25) is 19.3 Å². The monoisotopic (exact) mass is 431 g/mol. The molecule has 0 spiro atoms. The van der Waals surface area contributed by atoms with Gasteiger partial charge in [0.1, 0.15) is 5.69 Å². The Bertz CT molecular complexity index is 1170. The van der Waals surface area contributed by atoms with Gasteiger partial charge in [-0.2, -0.15) is 18.3 Å². The van der Waals surface area contributed by atoms with Crippen molar-refractivity contribution in [1.82, 2.24) is 19.7 Å². The van der Waals surface area contributed by atoms with Crippen molar-refractivity contribution in [3.8, 4) is 0 Å².